The summed E-state index contributed by atoms with van der Waals surface area (Å²) in [5.41, 5.74) is 0. The number of benzene rings is 8. The quantitative estimate of drug-likeness (QED) is 0.0736. The van der Waals surface area contributed by atoms with E-state index in [2.05, 4.69) is 286 Å². The van der Waals surface area contributed by atoms with Gasteiger partial charge in [-0.05, 0) is 20.7 Å². The SMILES string of the molecule is I[Si](c1ccccc1)(c1ccccc1)[Si](c1ccccc1)(c1ccccc1)[Si](c1ccccc1)(c1ccccc1)[Si](I)(c1ccccc1)c1ccccc1. The summed E-state index contributed by atoms with van der Waals surface area (Å²) in [6, 6.07) is 94.4. The van der Waals surface area contributed by atoms with Crippen LogP contribution in [0.2, 0.25) is 0 Å². The number of rotatable bonds is 11. The van der Waals surface area contributed by atoms with E-state index in [9.17, 15) is 0 Å². The smallest absolute Gasteiger partial charge is 0.109 e. The van der Waals surface area contributed by atoms with Crippen LogP contribution in [-0.4, -0.2) is 24.4 Å². The van der Waals surface area contributed by atoms with E-state index in [4.69, 9.17) is 0 Å². The van der Waals surface area contributed by atoms with Crippen LogP contribution in [0.15, 0.2) is 243 Å². The Kier molecular flexibility index (Phi) is 11.0. The van der Waals surface area contributed by atoms with Gasteiger partial charge in [-0.1, -0.05) is 263 Å². The molecular formula is C48H40I2Si4. The molecule has 0 amide bonds. The van der Waals surface area contributed by atoms with Crippen molar-refractivity contribution in [1.82, 2.24) is 0 Å². The third-order valence-corrected chi connectivity index (χ3v) is 90.5. The molecule has 0 aliphatic rings. The lowest BCUT2D eigenvalue weighted by atomic mass is 10.4. The fraction of sp³-hybridized carbons (Fsp3) is 0. The van der Waals surface area contributed by atoms with Gasteiger partial charge >= 0.3 is 0 Å². The summed E-state index contributed by atoms with van der Waals surface area (Å²) in [6.45, 7) is 0. The highest BCUT2D eigenvalue weighted by atomic mass is 127. The number of hydrogen-bond donors (Lipinski definition) is 0. The van der Waals surface area contributed by atoms with Crippen LogP contribution in [0.25, 0.3) is 0 Å². The minimum atomic E-state index is -3.23. The maximum Gasteiger partial charge on any atom is 0.184 e. The second-order valence-corrected chi connectivity index (χ2v) is 56.3. The van der Waals surface area contributed by atoms with E-state index in [1.165, 1.54) is 41.5 Å². The van der Waals surface area contributed by atoms with Crippen molar-refractivity contribution in [3.8, 4) is 0 Å². The third-order valence-electron chi connectivity index (χ3n) is 11.1. The summed E-state index contributed by atoms with van der Waals surface area (Å²) in [5, 5.41) is 6.12. The summed E-state index contributed by atoms with van der Waals surface area (Å²) in [5.74, 6) is 0. The molecule has 0 unspecified atom stereocenters. The summed E-state index contributed by atoms with van der Waals surface area (Å²) in [7, 11) is -6.45. The molecule has 0 aromatic heterocycles. The van der Waals surface area contributed by atoms with Crippen molar-refractivity contribution in [2.75, 3.05) is 0 Å². The van der Waals surface area contributed by atoms with Crippen LogP contribution in [0, 0.1) is 0 Å². The minimum Gasteiger partial charge on any atom is -0.109 e. The van der Waals surface area contributed by atoms with Gasteiger partial charge in [0.25, 0.3) is 0 Å². The number of hydrogen-bond acceptors (Lipinski definition) is 0. The zero-order chi connectivity index (χ0) is 36.9. The Morgan fingerprint density at radius 2 is 0.315 bits per heavy atom. The van der Waals surface area contributed by atoms with E-state index in [-0.39, 0.29) is 0 Å². The van der Waals surface area contributed by atoms with Gasteiger partial charge in [0, 0.05) is 0 Å². The van der Waals surface area contributed by atoms with Crippen molar-refractivity contribution in [1.29, 1.82) is 0 Å². The first kappa shape index (κ1) is 37.0. The van der Waals surface area contributed by atoms with Crippen LogP contribution < -0.4 is 41.5 Å². The fourth-order valence-corrected chi connectivity index (χ4v) is 127. The van der Waals surface area contributed by atoms with Gasteiger partial charge in [-0.3, -0.25) is 0 Å². The average Bonchev–Trinajstić information content (AvgIpc) is 3.27. The summed E-state index contributed by atoms with van der Waals surface area (Å²) in [6.07, 6.45) is 0. The van der Waals surface area contributed by atoms with Crippen LogP contribution in [0.3, 0.4) is 0 Å². The maximum absolute atomic E-state index is 3.23. The minimum absolute atomic E-state index is 1.48. The third kappa shape index (κ3) is 5.84. The van der Waals surface area contributed by atoms with E-state index in [0.29, 0.717) is 0 Å². The Morgan fingerprint density at radius 3 is 0.463 bits per heavy atom. The number of halogens is 2. The second-order valence-electron chi connectivity index (χ2n) is 13.7. The Hall–Kier alpha value is -3.91. The normalized spacial score (nSPS) is 12.3. The molecule has 0 aliphatic heterocycles. The Morgan fingerprint density at radius 1 is 0.185 bits per heavy atom. The van der Waals surface area contributed by atoms with Crippen LogP contribution in [0.1, 0.15) is 0 Å². The molecule has 262 valence electrons. The highest BCUT2D eigenvalue weighted by Crippen LogP contribution is 2.41. The molecule has 0 aliphatic carbocycles. The lowest BCUT2D eigenvalue weighted by Crippen LogP contribution is -3.05. The van der Waals surface area contributed by atoms with Gasteiger partial charge < -0.3 is 0 Å². The fourth-order valence-electron chi connectivity index (χ4n) is 9.13. The Bertz CT molecular complexity index is 2050. The molecule has 8 rings (SSSR count). The topological polar surface area (TPSA) is 0 Å². The largest absolute Gasteiger partial charge is 0.184 e. The highest BCUT2D eigenvalue weighted by Gasteiger charge is 2.77. The monoisotopic (exact) mass is 982 g/mol. The zero-order valence-electron chi connectivity index (χ0n) is 29.8. The first-order valence-electron chi connectivity index (χ1n) is 18.4. The van der Waals surface area contributed by atoms with Crippen molar-refractivity contribution in [2.24, 2.45) is 0 Å². The van der Waals surface area contributed by atoms with Gasteiger partial charge in [0.05, 0.1) is 0 Å². The molecular weight excluding hydrogens is 943 g/mol. The second kappa shape index (κ2) is 16.1. The Balaban J connectivity index is 1.78. The van der Waals surface area contributed by atoms with E-state index >= 15 is 0 Å². The molecule has 8 aromatic rings. The molecule has 0 nitrogen and oxygen atoms in total. The van der Waals surface area contributed by atoms with Crippen molar-refractivity contribution in [2.45, 2.75) is 0 Å². The molecule has 0 atom stereocenters. The van der Waals surface area contributed by atoms with Crippen LogP contribution in [0.5, 0.6) is 0 Å². The van der Waals surface area contributed by atoms with Gasteiger partial charge in [0.1, 0.15) is 14.2 Å². The summed E-state index contributed by atoms with van der Waals surface area (Å²) in [4.78, 5) is 0. The molecule has 0 saturated carbocycles. The van der Waals surface area contributed by atoms with Gasteiger partial charge in [-0.25, -0.2) is 0 Å². The molecule has 54 heavy (non-hydrogen) atoms. The van der Waals surface area contributed by atoms with Gasteiger partial charge in [0.15, 0.2) is 10.2 Å². The molecule has 0 spiro atoms. The molecule has 0 N–H and O–H groups in total. The van der Waals surface area contributed by atoms with Crippen LogP contribution in [-0.2, 0) is 0 Å². The summed E-state index contributed by atoms with van der Waals surface area (Å²) >= 11 is 6.28. The predicted molar refractivity (Wildman–Crippen MR) is 260 cm³/mol. The lowest BCUT2D eigenvalue weighted by Gasteiger charge is -2.61. The average molecular weight is 983 g/mol. The molecule has 0 saturated heterocycles. The predicted octanol–water partition coefficient (Wildman–Crippen LogP) is 7.14. The van der Waals surface area contributed by atoms with Crippen molar-refractivity contribution < 1.29 is 0 Å². The van der Waals surface area contributed by atoms with Crippen LogP contribution in [0.4, 0.5) is 0 Å². The van der Waals surface area contributed by atoms with Gasteiger partial charge in [-0.2, -0.15) is 0 Å². The van der Waals surface area contributed by atoms with E-state index < -0.39 is 24.4 Å². The zero-order valence-corrected chi connectivity index (χ0v) is 38.2. The first-order valence-corrected chi connectivity index (χ1v) is 35.6. The van der Waals surface area contributed by atoms with Crippen molar-refractivity contribution >= 4 is 109 Å². The van der Waals surface area contributed by atoms with Crippen molar-refractivity contribution in [3.63, 3.8) is 0 Å². The van der Waals surface area contributed by atoms with Gasteiger partial charge in [-0.15, -0.1) is 43.6 Å². The Labute approximate surface area is 348 Å². The maximum atomic E-state index is 3.14. The van der Waals surface area contributed by atoms with E-state index in [1.54, 1.807) is 0 Å². The van der Waals surface area contributed by atoms with Crippen LogP contribution >= 0.6 is 43.6 Å². The standard InChI is InChI=1S/C48H40I2Si4/c49-51(41-25-9-1-10-26-41,42-27-11-2-12-28-42)53(45-33-17-5-18-34-45,46-35-19-6-20-36-46)54(47-37-21-7-22-38-47,48-39-23-8-24-40-48)52(50,43-29-13-3-14-30-43)44-31-15-4-16-32-44/h1-40H. The molecule has 0 bridgehead atoms. The molecule has 0 fully saturated rings. The van der Waals surface area contributed by atoms with E-state index in [0.717, 1.165) is 0 Å². The summed E-state index contributed by atoms with van der Waals surface area (Å²) < 4.78 is 0. The molecule has 8 aromatic carbocycles. The molecule has 0 heterocycles. The first-order chi connectivity index (χ1) is 26.6. The van der Waals surface area contributed by atoms with E-state index in [1.807, 2.05) is 0 Å². The van der Waals surface area contributed by atoms with Gasteiger partial charge in [0.2, 0.25) is 0 Å². The lowest BCUT2D eigenvalue weighted by molar-refractivity contribution is 1.69. The highest BCUT2D eigenvalue weighted by molar-refractivity contribution is 14.1. The molecule has 6 heteroatoms. The molecule has 0 radical (unpaired) electrons. The van der Waals surface area contributed by atoms with Crippen molar-refractivity contribution in [3.05, 3.63) is 243 Å².